The van der Waals surface area contributed by atoms with Gasteiger partial charge in [-0.3, -0.25) is 9.69 Å². The predicted molar refractivity (Wildman–Crippen MR) is 89.2 cm³/mol. The first-order valence-electron chi connectivity index (χ1n) is 8.24. The molecule has 1 aliphatic rings. The van der Waals surface area contributed by atoms with Gasteiger partial charge in [0.2, 0.25) is 0 Å². The lowest BCUT2D eigenvalue weighted by Gasteiger charge is -2.36. The van der Waals surface area contributed by atoms with Gasteiger partial charge in [-0.05, 0) is 63.4 Å². The second-order valence-electron chi connectivity index (χ2n) is 6.31. The molecule has 0 aromatic heterocycles. The lowest BCUT2D eigenvalue weighted by atomic mass is 9.87. The Bertz CT molecular complexity index is 516. The molecule has 1 fully saturated rings. The van der Waals surface area contributed by atoms with Gasteiger partial charge in [-0.2, -0.15) is 0 Å². The minimum Gasteiger partial charge on any atom is -0.494 e. The highest BCUT2D eigenvalue weighted by Crippen LogP contribution is 2.27. The Morgan fingerprint density at radius 1 is 1.45 bits per heavy atom. The van der Waals surface area contributed by atoms with Crippen LogP contribution in [0.25, 0.3) is 0 Å². The van der Waals surface area contributed by atoms with Crippen molar-refractivity contribution in [3.8, 4) is 5.75 Å². The molecule has 1 aromatic rings. The number of piperidine rings is 1. The molecule has 0 amide bonds. The van der Waals surface area contributed by atoms with Crippen molar-refractivity contribution in [1.82, 2.24) is 4.90 Å². The summed E-state index contributed by atoms with van der Waals surface area (Å²) in [6, 6.07) is 5.74. The maximum atomic E-state index is 11.6. The van der Waals surface area contributed by atoms with Crippen LogP contribution in [-0.2, 0) is 6.54 Å². The lowest BCUT2D eigenvalue weighted by molar-refractivity contribution is 0.101. The number of rotatable bonds is 6. The third-order valence-corrected chi connectivity index (χ3v) is 4.66. The van der Waals surface area contributed by atoms with Gasteiger partial charge in [0.15, 0.2) is 5.78 Å². The molecule has 0 spiro atoms. The van der Waals surface area contributed by atoms with Gasteiger partial charge in [0.05, 0.1) is 6.61 Å². The van der Waals surface area contributed by atoms with E-state index in [2.05, 4.69) is 11.8 Å². The summed E-state index contributed by atoms with van der Waals surface area (Å²) in [5.41, 5.74) is 7.74. The molecule has 1 heterocycles. The SMILES string of the molecule is CCOc1ccc(C(C)=O)cc1CN1CCC(C)C(CN)C1. The van der Waals surface area contributed by atoms with E-state index in [4.69, 9.17) is 10.5 Å². The normalized spacial score (nSPS) is 22.5. The molecule has 2 atom stereocenters. The van der Waals surface area contributed by atoms with Gasteiger partial charge in [-0.1, -0.05) is 6.92 Å². The Morgan fingerprint density at radius 2 is 2.23 bits per heavy atom. The third kappa shape index (κ3) is 4.08. The van der Waals surface area contributed by atoms with Crippen LogP contribution < -0.4 is 10.5 Å². The molecule has 2 N–H and O–H groups in total. The molecule has 22 heavy (non-hydrogen) atoms. The molecule has 0 aliphatic carbocycles. The van der Waals surface area contributed by atoms with E-state index < -0.39 is 0 Å². The molecule has 0 radical (unpaired) electrons. The van der Waals surface area contributed by atoms with Gasteiger partial charge in [0.25, 0.3) is 0 Å². The maximum absolute atomic E-state index is 11.6. The van der Waals surface area contributed by atoms with Gasteiger partial charge in [0, 0.05) is 24.2 Å². The number of hydrogen-bond acceptors (Lipinski definition) is 4. The van der Waals surface area contributed by atoms with E-state index in [9.17, 15) is 4.79 Å². The van der Waals surface area contributed by atoms with Crippen LogP contribution in [0.4, 0.5) is 0 Å². The number of carbonyl (C=O) groups excluding carboxylic acids is 1. The molecule has 1 aromatic carbocycles. The number of likely N-dealkylation sites (tertiary alicyclic amines) is 1. The van der Waals surface area contributed by atoms with Crippen molar-refractivity contribution in [3.63, 3.8) is 0 Å². The second-order valence-corrected chi connectivity index (χ2v) is 6.31. The van der Waals surface area contributed by atoms with Crippen LogP contribution in [0.2, 0.25) is 0 Å². The summed E-state index contributed by atoms with van der Waals surface area (Å²) in [6.07, 6.45) is 1.18. The largest absolute Gasteiger partial charge is 0.494 e. The Balaban J connectivity index is 2.16. The molecular formula is C18H28N2O2. The van der Waals surface area contributed by atoms with Crippen molar-refractivity contribution in [1.29, 1.82) is 0 Å². The molecule has 1 aliphatic heterocycles. The third-order valence-electron chi connectivity index (χ3n) is 4.66. The Morgan fingerprint density at radius 3 is 2.86 bits per heavy atom. The average molecular weight is 304 g/mol. The number of ether oxygens (including phenoxy) is 1. The number of carbonyl (C=O) groups is 1. The zero-order valence-corrected chi connectivity index (χ0v) is 14.0. The quantitative estimate of drug-likeness (QED) is 0.821. The number of Topliss-reactive ketones (excluding diaryl/α,β-unsaturated/α-hetero) is 1. The van der Waals surface area contributed by atoms with Crippen LogP contribution in [-0.4, -0.2) is 36.9 Å². The smallest absolute Gasteiger partial charge is 0.159 e. The van der Waals surface area contributed by atoms with Crippen LogP contribution in [0.3, 0.4) is 0 Å². The topological polar surface area (TPSA) is 55.6 Å². The molecule has 4 nitrogen and oxygen atoms in total. The van der Waals surface area contributed by atoms with E-state index in [1.807, 2.05) is 25.1 Å². The van der Waals surface area contributed by atoms with Crippen molar-refractivity contribution in [2.45, 2.75) is 33.7 Å². The number of hydrogen-bond donors (Lipinski definition) is 1. The number of nitrogens with two attached hydrogens (primary N) is 1. The van der Waals surface area contributed by atoms with Crippen LogP contribution in [0, 0.1) is 11.8 Å². The van der Waals surface area contributed by atoms with Crippen molar-refractivity contribution in [3.05, 3.63) is 29.3 Å². The standard InChI is InChI=1S/C18H28N2O2/c1-4-22-18-6-5-15(14(3)21)9-16(18)11-20-8-7-13(2)17(10-19)12-20/h5-6,9,13,17H,4,7-8,10-12,19H2,1-3H3. The molecule has 122 valence electrons. The van der Waals surface area contributed by atoms with Gasteiger partial charge >= 0.3 is 0 Å². The first kappa shape index (κ1) is 17.0. The number of nitrogens with zero attached hydrogens (tertiary/aromatic N) is 1. The molecule has 0 bridgehead atoms. The molecule has 4 heteroatoms. The van der Waals surface area contributed by atoms with E-state index in [-0.39, 0.29) is 5.78 Å². The van der Waals surface area contributed by atoms with E-state index in [1.165, 1.54) is 6.42 Å². The summed E-state index contributed by atoms with van der Waals surface area (Å²) >= 11 is 0. The average Bonchev–Trinajstić information content (AvgIpc) is 2.50. The zero-order chi connectivity index (χ0) is 16.1. The highest BCUT2D eigenvalue weighted by Gasteiger charge is 2.25. The Hall–Kier alpha value is -1.39. The summed E-state index contributed by atoms with van der Waals surface area (Å²) in [7, 11) is 0. The highest BCUT2D eigenvalue weighted by atomic mass is 16.5. The highest BCUT2D eigenvalue weighted by molar-refractivity contribution is 5.94. The molecular weight excluding hydrogens is 276 g/mol. The summed E-state index contributed by atoms with van der Waals surface area (Å²) in [6.45, 7) is 10.2. The first-order chi connectivity index (χ1) is 10.5. The summed E-state index contributed by atoms with van der Waals surface area (Å²) in [4.78, 5) is 14.1. The summed E-state index contributed by atoms with van der Waals surface area (Å²) in [5.74, 6) is 2.23. The predicted octanol–water partition coefficient (Wildman–Crippen LogP) is 2.70. The summed E-state index contributed by atoms with van der Waals surface area (Å²) < 4.78 is 5.72. The van der Waals surface area contributed by atoms with Gasteiger partial charge in [0.1, 0.15) is 5.75 Å². The van der Waals surface area contributed by atoms with Crippen molar-refractivity contribution < 1.29 is 9.53 Å². The van der Waals surface area contributed by atoms with Gasteiger partial charge < -0.3 is 10.5 Å². The van der Waals surface area contributed by atoms with E-state index >= 15 is 0 Å². The minimum absolute atomic E-state index is 0.0939. The fourth-order valence-corrected chi connectivity index (χ4v) is 3.13. The zero-order valence-electron chi connectivity index (χ0n) is 14.0. The Kier molecular flexibility index (Phi) is 5.98. The number of ketones is 1. The van der Waals surface area contributed by atoms with Gasteiger partial charge in [-0.15, -0.1) is 0 Å². The monoisotopic (exact) mass is 304 g/mol. The lowest BCUT2D eigenvalue weighted by Crippen LogP contribution is -2.42. The number of benzene rings is 1. The van der Waals surface area contributed by atoms with E-state index in [0.29, 0.717) is 18.4 Å². The van der Waals surface area contributed by atoms with Crippen molar-refractivity contribution in [2.75, 3.05) is 26.2 Å². The van der Waals surface area contributed by atoms with E-state index in [0.717, 1.165) is 43.1 Å². The van der Waals surface area contributed by atoms with Crippen molar-refractivity contribution >= 4 is 5.78 Å². The van der Waals surface area contributed by atoms with Crippen LogP contribution >= 0.6 is 0 Å². The fraction of sp³-hybridized carbons (Fsp3) is 0.611. The Labute approximate surface area is 133 Å². The van der Waals surface area contributed by atoms with Crippen LogP contribution in [0.1, 0.15) is 43.1 Å². The molecule has 2 unspecified atom stereocenters. The van der Waals surface area contributed by atoms with E-state index in [1.54, 1.807) is 6.92 Å². The first-order valence-corrected chi connectivity index (χ1v) is 8.24. The van der Waals surface area contributed by atoms with Crippen LogP contribution in [0.5, 0.6) is 5.75 Å². The minimum atomic E-state index is 0.0939. The second kappa shape index (κ2) is 7.75. The van der Waals surface area contributed by atoms with Crippen LogP contribution in [0.15, 0.2) is 18.2 Å². The maximum Gasteiger partial charge on any atom is 0.159 e. The fourth-order valence-electron chi connectivity index (χ4n) is 3.13. The van der Waals surface area contributed by atoms with Crippen molar-refractivity contribution in [2.24, 2.45) is 17.6 Å². The molecule has 2 rings (SSSR count). The van der Waals surface area contributed by atoms with Gasteiger partial charge in [-0.25, -0.2) is 0 Å². The molecule has 0 saturated carbocycles. The molecule has 1 saturated heterocycles. The summed E-state index contributed by atoms with van der Waals surface area (Å²) in [5, 5.41) is 0.